The van der Waals surface area contributed by atoms with Crippen molar-refractivity contribution in [1.29, 1.82) is 0 Å². The summed E-state index contributed by atoms with van der Waals surface area (Å²) in [7, 11) is 0. The quantitative estimate of drug-likeness (QED) is 0.419. The predicted molar refractivity (Wildman–Crippen MR) is 124 cm³/mol. The second kappa shape index (κ2) is 7.59. The standard InChI is InChI=1S/C25H19N5O3/c1-15-28-29-25-24(26-18-8-10-21-22(14-18)33-12-11-32-21)27-19-9-7-17(13-20(19)30(15)25)23(31)16-5-3-2-4-6-16/h2-10,13-14H,11-12H2,1H3,(H,26,27). The van der Waals surface area contributed by atoms with Gasteiger partial charge in [0.2, 0.25) is 5.65 Å². The normalized spacial score (nSPS) is 12.8. The summed E-state index contributed by atoms with van der Waals surface area (Å²) < 4.78 is 13.2. The highest BCUT2D eigenvalue weighted by Gasteiger charge is 2.17. The SMILES string of the molecule is Cc1nnc2c(Nc3ccc4c(c3)OCCO4)nc3ccc(C(=O)c4ccccc4)cc3n12. The number of hydrogen-bond donors (Lipinski definition) is 1. The summed E-state index contributed by atoms with van der Waals surface area (Å²) >= 11 is 0. The minimum Gasteiger partial charge on any atom is -0.486 e. The fourth-order valence-corrected chi connectivity index (χ4v) is 4.01. The van der Waals surface area contributed by atoms with Crippen molar-refractivity contribution < 1.29 is 14.3 Å². The Hall–Kier alpha value is -4.46. The predicted octanol–water partition coefficient (Wildman–Crippen LogP) is 4.33. The first-order chi connectivity index (χ1) is 16.2. The highest BCUT2D eigenvalue weighted by molar-refractivity contribution is 6.10. The average molecular weight is 437 g/mol. The Kier molecular flexibility index (Phi) is 4.43. The molecule has 0 spiro atoms. The van der Waals surface area contributed by atoms with Gasteiger partial charge in [-0.15, -0.1) is 10.2 Å². The highest BCUT2D eigenvalue weighted by Crippen LogP contribution is 2.34. The fraction of sp³-hybridized carbons (Fsp3) is 0.120. The van der Waals surface area contributed by atoms with E-state index in [1.165, 1.54) is 0 Å². The van der Waals surface area contributed by atoms with Gasteiger partial charge in [0.25, 0.3) is 0 Å². The molecule has 0 saturated heterocycles. The van der Waals surface area contributed by atoms with E-state index in [2.05, 4.69) is 15.5 Å². The van der Waals surface area contributed by atoms with Crippen LogP contribution in [0.1, 0.15) is 21.7 Å². The maximum atomic E-state index is 13.0. The molecule has 3 heterocycles. The molecule has 0 aliphatic carbocycles. The minimum atomic E-state index is -0.0464. The molecule has 8 nitrogen and oxygen atoms in total. The molecular formula is C25H19N5O3. The molecule has 0 fully saturated rings. The van der Waals surface area contributed by atoms with Crippen molar-refractivity contribution in [3.8, 4) is 11.5 Å². The van der Waals surface area contributed by atoms with Gasteiger partial charge < -0.3 is 14.8 Å². The monoisotopic (exact) mass is 437 g/mol. The van der Waals surface area contributed by atoms with Gasteiger partial charge in [0.15, 0.2) is 23.1 Å². The van der Waals surface area contributed by atoms with Gasteiger partial charge in [-0.05, 0) is 37.3 Å². The number of carbonyl (C=O) groups excluding carboxylic acids is 1. The molecule has 0 bridgehead atoms. The lowest BCUT2D eigenvalue weighted by molar-refractivity contribution is 0.103. The maximum Gasteiger partial charge on any atom is 0.204 e. The van der Waals surface area contributed by atoms with E-state index in [1.807, 2.05) is 72.0 Å². The zero-order chi connectivity index (χ0) is 22.4. The summed E-state index contributed by atoms with van der Waals surface area (Å²) in [5.74, 6) is 2.62. The lowest BCUT2D eigenvalue weighted by Crippen LogP contribution is -2.15. The number of nitrogens with zero attached hydrogens (tertiary/aromatic N) is 4. The third-order valence-corrected chi connectivity index (χ3v) is 5.59. The van der Waals surface area contributed by atoms with Crippen molar-refractivity contribution in [2.24, 2.45) is 0 Å². The molecule has 0 atom stereocenters. The highest BCUT2D eigenvalue weighted by atomic mass is 16.6. The number of aryl methyl sites for hydroxylation is 1. The number of benzene rings is 3. The van der Waals surface area contributed by atoms with Crippen molar-refractivity contribution in [1.82, 2.24) is 19.6 Å². The molecule has 0 unspecified atom stereocenters. The molecule has 0 radical (unpaired) electrons. The number of ketones is 1. The molecule has 0 amide bonds. The molecule has 5 aromatic rings. The Bertz CT molecular complexity index is 1530. The van der Waals surface area contributed by atoms with E-state index in [0.29, 0.717) is 47.4 Å². The zero-order valence-electron chi connectivity index (χ0n) is 17.8. The van der Waals surface area contributed by atoms with Crippen molar-refractivity contribution in [2.45, 2.75) is 6.92 Å². The smallest absolute Gasteiger partial charge is 0.204 e. The van der Waals surface area contributed by atoms with Crippen LogP contribution >= 0.6 is 0 Å². The molecule has 8 heteroatoms. The van der Waals surface area contributed by atoms with Gasteiger partial charge >= 0.3 is 0 Å². The van der Waals surface area contributed by atoms with E-state index < -0.39 is 0 Å². The number of nitrogens with one attached hydrogen (secondary N) is 1. The second-order valence-corrected chi connectivity index (χ2v) is 7.75. The zero-order valence-corrected chi connectivity index (χ0v) is 17.8. The molecular weight excluding hydrogens is 418 g/mol. The Labute approximate surface area is 188 Å². The van der Waals surface area contributed by atoms with Gasteiger partial charge in [-0.3, -0.25) is 9.20 Å². The molecule has 6 rings (SSSR count). The van der Waals surface area contributed by atoms with Crippen molar-refractivity contribution in [3.63, 3.8) is 0 Å². The van der Waals surface area contributed by atoms with Crippen LogP contribution < -0.4 is 14.8 Å². The first kappa shape index (κ1) is 19.2. The van der Waals surface area contributed by atoms with Gasteiger partial charge in [0.05, 0.1) is 11.0 Å². The minimum absolute atomic E-state index is 0.0464. The van der Waals surface area contributed by atoms with Gasteiger partial charge in [0.1, 0.15) is 19.0 Å². The number of rotatable bonds is 4. The first-order valence-corrected chi connectivity index (χ1v) is 10.6. The molecule has 3 aromatic carbocycles. The summed E-state index contributed by atoms with van der Waals surface area (Å²) in [5, 5.41) is 11.9. The van der Waals surface area contributed by atoms with Crippen LogP contribution in [-0.4, -0.2) is 38.6 Å². The van der Waals surface area contributed by atoms with Crippen molar-refractivity contribution in [3.05, 3.63) is 83.7 Å². The van der Waals surface area contributed by atoms with E-state index in [1.54, 1.807) is 6.07 Å². The van der Waals surface area contributed by atoms with Gasteiger partial charge in [-0.1, -0.05) is 30.3 Å². The molecule has 162 valence electrons. The molecule has 0 saturated carbocycles. The van der Waals surface area contributed by atoms with Crippen LogP contribution in [0.5, 0.6) is 11.5 Å². The van der Waals surface area contributed by atoms with Crippen LogP contribution in [0.4, 0.5) is 11.5 Å². The van der Waals surface area contributed by atoms with Crippen LogP contribution in [0, 0.1) is 6.92 Å². The van der Waals surface area contributed by atoms with Gasteiger partial charge in [-0.25, -0.2) is 4.98 Å². The van der Waals surface area contributed by atoms with Gasteiger partial charge in [-0.2, -0.15) is 0 Å². The third-order valence-electron chi connectivity index (χ3n) is 5.59. The molecule has 1 N–H and O–H groups in total. The fourth-order valence-electron chi connectivity index (χ4n) is 4.01. The number of carbonyl (C=O) groups is 1. The number of anilines is 2. The lowest BCUT2D eigenvalue weighted by atomic mass is 10.0. The number of ether oxygens (including phenoxy) is 2. The van der Waals surface area contributed by atoms with E-state index in [4.69, 9.17) is 14.5 Å². The van der Waals surface area contributed by atoms with Crippen LogP contribution in [0.3, 0.4) is 0 Å². The van der Waals surface area contributed by atoms with Crippen LogP contribution in [0.25, 0.3) is 16.7 Å². The van der Waals surface area contributed by atoms with E-state index in [-0.39, 0.29) is 5.78 Å². The molecule has 2 aromatic heterocycles. The second-order valence-electron chi connectivity index (χ2n) is 7.75. The topological polar surface area (TPSA) is 90.6 Å². The van der Waals surface area contributed by atoms with Crippen molar-refractivity contribution in [2.75, 3.05) is 18.5 Å². The van der Waals surface area contributed by atoms with Crippen LogP contribution in [0.15, 0.2) is 66.7 Å². The summed E-state index contributed by atoms with van der Waals surface area (Å²) in [6.45, 7) is 2.93. The maximum absolute atomic E-state index is 13.0. The van der Waals surface area contributed by atoms with Crippen LogP contribution in [0.2, 0.25) is 0 Å². The van der Waals surface area contributed by atoms with Gasteiger partial charge in [0, 0.05) is 22.9 Å². The molecule has 1 aliphatic heterocycles. The summed E-state index contributed by atoms with van der Waals surface area (Å²) in [6, 6.07) is 20.4. The Balaban J connectivity index is 1.44. The third kappa shape index (κ3) is 3.32. The van der Waals surface area contributed by atoms with Crippen LogP contribution in [-0.2, 0) is 0 Å². The van der Waals surface area contributed by atoms with E-state index in [9.17, 15) is 4.79 Å². The average Bonchev–Trinajstić information content (AvgIpc) is 3.26. The number of fused-ring (bicyclic) bond motifs is 4. The molecule has 1 aliphatic rings. The Morgan fingerprint density at radius 1 is 0.909 bits per heavy atom. The van der Waals surface area contributed by atoms with Crippen molar-refractivity contribution >= 4 is 34.0 Å². The van der Waals surface area contributed by atoms with E-state index >= 15 is 0 Å². The lowest BCUT2D eigenvalue weighted by Gasteiger charge is -2.19. The number of hydrogen-bond acceptors (Lipinski definition) is 7. The Morgan fingerprint density at radius 3 is 2.58 bits per heavy atom. The van der Waals surface area contributed by atoms with E-state index in [0.717, 1.165) is 22.5 Å². The summed E-state index contributed by atoms with van der Waals surface area (Å²) in [4.78, 5) is 17.8. The summed E-state index contributed by atoms with van der Waals surface area (Å²) in [6.07, 6.45) is 0. The molecule has 33 heavy (non-hydrogen) atoms. The largest absolute Gasteiger partial charge is 0.486 e. The number of aromatic nitrogens is 4. The Morgan fingerprint density at radius 2 is 1.73 bits per heavy atom. The first-order valence-electron chi connectivity index (χ1n) is 10.6. The summed E-state index contributed by atoms with van der Waals surface area (Å²) in [5.41, 5.74) is 4.07.